The topological polar surface area (TPSA) is 48.1 Å². The van der Waals surface area contributed by atoms with Crippen LogP contribution in [0.15, 0.2) is 18.2 Å². The summed E-state index contributed by atoms with van der Waals surface area (Å²) in [6, 6.07) is 6.28. The molecule has 3 nitrogen and oxygen atoms in total. The van der Waals surface area contributed by atoms with Crippen molar-refractivity contribution in [2.75, 3.05) is 13.2 Å². The number of ether oxygens (including phenoxy) is 1. The van der Waals surface area contributed by atoms with Crippen molar-refractivity contribution in [3.63, 3.8) is 0 Å². The summed E-state index contributed by atoms with van der Waals surface area (Å²) in [7, 11) is 0. The average Bonchev–Trinajstić information content (AvgIpc) is 2.67. The van der Waals surface area contributed by atoms with Gasteiger partial charge in [0, 0.05) is 23.3 Å². The summed E-state index contributed by atoms with van der Waals surface area (Å²) in [4.78, 5) is 6.06. The SMILES string of the molecule is Cc1ccc2c(c1)-c1nc(CCN)sc1CCO2. The molecule has 94 valence electrons. The van der Waals surface area contributed by atoms with Gasteiger partial charge in [-0.25, -0.2) is 4.98 Å². The number of thiazole rings is 1. The van der Waals surface area contributed by atoms with Crippen LogP contribution in [-0.4, -0.2) is 18.1 Å². The van der Waals surface area contributed by atoms with Gasteiger partial charge in [0.2, 0.25) is 0 Å². The third-order valence-corrected chi connectivity index (χ3v) is 4.25. The Kier molecular flexibility index (Phi) is 3.06. The molecular weight excluding hydrogens is 244 g/mol. The van der Waals surface area contributed by atoms with Gasteiger partial charge in [0.15, 0.2) is 0 Å². The lowest BCUT2D eigenvalue weighted by Crippen LogP contribution is -2.02. The van der Waals surface area contributed by atoms with Crippen molar-refractivity contribution in [1.29, 1.82) is 0 Å². The molecule has 2 N–H and O–H groups in total. The highest BCUT2D eigenvalue weighted by molar-refractivity contribution is 7.12. The van der Waals surface area contributed by atoms with E-state index in [2.05, 4.69) is 19.1 Å². The number of hydrogen-bond acceptors (Lipinski definition) is 4. The van der Waals surface area contributed by atoms with Gasteiger partial charge in [0.1, 0.15) is 5.75 Å². The van der Waals surface area contributed by atoms with Crippen molar-refractivity contribution < 1.29 is 4.74 Å². The summed E-state index contributed by atoms with van der Waals surface area (Å²) in [5.41, 5.74) is 9.07. The Labute approximate surface area is 111 Å². The van der Waals surface area contributed by atoms with Crippen LogP contribution in [0.3, 0.4) is 0 Å². The number of fused-ring (bicyclic) bond motifs is 3. The molecular formula is C14H16N2OS. The molecule has 0 amide bonds. The first-order chi connectivity index (χ1) is 8.78. The van der Waals surface area contributed by atoms with E-state index in [4.69, 9.17) is 15.5 Å². The van der Waals surface area contributed by atoms with Gasteiger partial charge >= 0.3 is 0 Å². The Morgan fingerprint density at radius 2 is 2.33 bits per heavy atom. The molecule has 0 unspecified atom stereocenters. The standard InChI is InChI=1S/C14H16N2OS/c1-9-2-3-11-10(8-9)14-12(5-7-17-11)18-13(16-14)4-6-15/h2-3,8H,4-7,15H2,1H3. The smallest absolute Gasteiger partial charge is 0.128 e. The molecule has 0 spiro atoms. The molecule has 2 aromatic rings. The largest absolute Gasteiger partial charge is 0.493 e. The Balaban J connectivity index is 2.13. The zero-order valence-corrected chi connectivity index (χ0v) is 11.2. The van der Waals surface area contributed by atoms with Crippen molar-refractivity contribution >= 4 is 11.3 Å². The van der Waals surface area contributed by atoms with Gasteiger partial charge in [-0.05, 0) is 25.6 Å². The summed E-state index contributed by atoms with van der Waals surface area (Å²) in [5, 5.41) is 1.14. The lowest BCUT2D eigenvalue weighted by atomic mass is 10.1. The van der Waals surface area contributed by atoms with Gasteiger partial charge < -0.3 is 10.5 Å². The van der Waals surface area contributed by atoms with Crippen molar-refractivity contribution in [2.45, 2.75) is 19.8 Å². The van der Waals surface area contributed by atoms with Crippen LogP contribution in [0.2, 0.25) is 0 Å². The molecule has 1 aromatic carbocycles. The van der Waals surface area contributed by atoms with Crippen LogP contribution in [0.1, 0.15) is 15.4 Å². The van der Waals surface area contributed by atoms with Crippen LogP contribution in [-0.2, 0) is 12.8 Å². The number of aryl methyl sites for hydroxylation is 1. The Hall–Kier alpha value is -1.39. The van der Waals surface area contributed by atoms with Gasteiger partial charge in [-0.1, -0.05) is 11.6 Å². The minimum Gasteiger partial charge on any atom is -0.493 e. The summed E-state index contributed by atoms with van der Waals surface area (Å²) >= 11 is 1.77. The summed E-state index contributed by atoms with van der Waals surface area (Å²) in [5.74, 6) is 0.948. The molecule has 0 atom stereocenters. The quantitative estimate of drug-likeness (QED) is 0.902. The lowest BCUT2D eigenvalue weighted by molar-refractivity contribution is 0.327. The fraction of sp³-hybridized carbons (Fsp3) is 0.357. The van der Waals surface area contributed by atoms with Gasteiger partial charge in [0.05, 0.1) is 17.3 Å². The lowest BCUT2D eigenvalue weighted by Gasteiger charge is -2.07. The molecule has 0 saturated carbocycles. The maximum absolute atomic E-state index is 5.79. The highest BCUT2D eigenvalue weighted by Crippen LogP contribution is 2.37. The van der Waals surface area contributed by atoms with E-state index in [1.54, 1.807) is 11.3 Å². The van der Waals surface area contributed by atoms with Gasteiger partial charge in [-0.15, -0.1) is 11.3 Å². The first kappa shape index (κ1) is 11.7. The number of nitrogens with zero attached hydrogens (tertiary/aromatic N) is 1. The first-order valence-corrected chi connectivity index (χ1v) is 7.02. The van der Waals surface area contributed by atoms with E-state index < -0.39 is 0 Å². The predicted molar refractivity (Wildman–Crippen MR) is 74.2 cm³/mol. The number of hydrogen-bond donors (Lipinski definition) is 1. The van der Waals surface area contributed by atoms with E-state index in [9.17, 15) is 0 Å². The maximum Gasteiger partial charge on any atom is 0.128 e. The van der Waals surface area contributed by atoms with Crippen LogP contribution in [0.4, 0.5) is 0 Å². The normalized spacial score (nSPS) is 13.4. The van der Waals surface area contributed by atoms with Crippen molar-refractivity contribution in [2.24, 2.45) is 5.73 Å². The second-order valence-corrected chi connectivity index (χ2v) is 5.68. The molecule has 2 heterocycles. The minimum atomic E-state index is 0.656. The summed E-state index contributed by atoms with van der Waals surface area (Å²) < 4.78 is 5.79. The molecule has 1 aliphatic rings. The first-order valence-electron chi connectivity index (χ1n) is 6.20. The van der Waals surface area contributed by atoms with E-state index in [1.165, 1.54) is 10.4 Å². The van der Waals surface area contributed by atoms with Crippen LogP contribution in [0, 0.1) is 6.92 Å². The third-order valence-electron chi connectivity index (χ3n) is 3.08. The average molecular weight is 260 g/mol. The maximum atomic E-state index is 5.79. The van der Waals surface area contributed by atoms with E-state index in [0.29, 0.717) is 6.54 Å². The molecule has 0 bridgehead atoms. The van der Waals surface area contributed by atoms with Crippen molar-refractivity contribution in [1.82, 2.24) is 4.98 Å². The Bertz CT molecular complexity index is 577. The van der Waals surface area contributed by atoms with Crippen LogP contribution >= 0.6 is 11.3 Å². The second kappa shape index (κ2) is 4.71. The zero-order valence-electron chi connectivity index (χ0n) is 10.4. The molecule has 0 fully saturated rings. The molecule has 18 heavy (non-hydrogen) atoms. The van der Waals surface area contributed by atoms with E-state index in [0.717, 1.165) is 41.5 Å². The van der Waals surface area contributed by atoms with Crippen molar-refractivity contribution in [3.05, 3.63) is 33.6 Å². The van der Waals surface area contributed by atoms with Crippen LogP contribution < -0.4 is 10.5 Å². The summed E-state index contributed by atoms with van der Waals surface area (Å²) in [6.45, 7) is 3.48. The van der Waals surface area contributed by atoms with Gasteiger partial charge in [-0.2, -0.15) is 0 Å². The molecule has 1 aliphatic heterocycles. The Morgan fingerprint density at radius 3 is 3.17 bits per heavy atom. The minimum absolute atomic E-state index is 0.656. The van der Waals surface area contributed by atoms with E-state index in [-0.39, 0.29) is 0 Å². The number of nitrogens with two attached hydrogens (primary N) is 1. The molecule has 0 aliphatic carbocycles. The number of rotatable bonds is 2. The molecule has 1 aromatic heterocycles. The van der Waals surface area contributed by atoms with Crippen LogP contribution in [0.25, 0.3) is 11.3 Å². The zero-order chi connectivity index (χ0) is 12.5. The number of aromatic nitrogens is 1. The molecule has 0 radical (unpaired) electrons. The van der Waals surface area contributed by atoms with Crippen molar-refractivity contribution in [3.8, 4) is 17.0 Å². The molecule has 3 rings (SSSR count). The predicted octanol–water partition coefficient (Wildman–Crippen LogP) is 2.55. The monoisotopic (exact) mass is 260 g/mol. The fourth-order valence-corrected chi connectivity index (χ4v) is 3.30. The highest BCUT2D eigenvalue weighted by Gasteiger charge is 2.19. The number of benzene rings is 1. The second-order valence-electron chi connectivity index (χ2n) is 4.52. The van der Waals surface area contributed by atoms with Gasteiger partial charge in [-0.3, -0.25) is 0 Å². The fourth-order valence-electron chi connectivity index (χ4n) is 2.22. The Morgan fingerprint density at radius 1 is 1.44 bits per heavy atom. The van der Waals surface area contributed by atoms with Crippen LogP contribution in [0.5, 0.6) is 5.75 Å². The summed E-state index contributed by atoms with van der Waals surface area (Å²) in [6.07, 6.45) is 1.80. The molecule has 4 heteroatoms. The van der Waals surface area contributed by atoms with E-state index in [1.807, 2.05) is 6.07 Å². The highest BCUT2D eigenvalue weighted by atomic mass is 32.1. The third kappa shape index (κ3) is 2.02. The van der Waals surface area contributed by atoms with E-state index >= 15 is 0 Å². The van der Waals surface area contributed by atoms with Gasteiger partial charge in [0.25, 0.3) is 0 Å². The molecule has 0 saturated heterocycles.